The average Bonchev–Trinajstić information content (AvgIpc) is 2.95. The summed E-state index contributed by atoms with van der Waals surface area (Å²) in [4.78, 5) is 39.3. The number of carbonyl (C=O) groups excluding carboxylic acids is 3. The Balaban J connectivity index is 1.40. The fourth-order valence-corrected chi connectivity index (χ4v) is 4.60. The highest BCUT2D eigenvalue weighted by Crippen LogP contribution is 2.23. The van der Waals surface area contributed by atoms with Gasteiger partial charge in [0.25, 0.3) is 11.8 Å². The van der Waals surface area contributed by atoms with Crippen LogP contribution >= 0.6 is 23.4 Å². The third-order valence-corrected chi connectivity index (χ3v) is 7.24. The van der Waals surface area contributed by atoms with Crippen LogP contribution in [0.3, 0.4) is 0 Å². The minimum atomic E-state index is -0.456. The number of thioether (sulfide) groups is 1. The van der Waals surface area contributed by atoms with Crippen molar-refractivity contribution in [2.45, 2.75) is 18.7 Å². The van der Waals surface area contributed by atoms with Gasteiger partial charge in [-0.1, -0.05) is 65.7 Å². The Bertz CT molecular complexity index is 1550. The Labute approximate surface area is 242 Å². The molecule has 0 aliphatic rings. The molecule has 6 nitrogen and oxygen atoms in total. The zero-order valence-electron chi connectivity index (χ0n) is 22.0. The van der Waals surface area contributed by atoms with Crippen molar-refractivity contribution in [3.05, 3.63) is 130 Å². The van der Waals surface area contributed by atoms with Crippen molar-refractivity contribution in [3.8, 4) is 0 Å². The number of carbonyl (C=O) groups is 3. The van der Waals surface area contributed by atoms with Crippen LogP contribution in [0.5, 0.6) is 0 Å². The Morgan fingerprint density at radius 2 is 1.52 bits per heavy atom. The molecule has 0 atom stereocenters. The summed E-state index contributed by atoms with van der Waals surface area (Å²) in [6.07, 6.45) is 1.65. The summed E-state index contributed by atoms with van der Waals surface area (Å²) in [5.41, 5.74) is 4.53. The first-order valence-corrected chi connectivity index (χ1v) is 13.9. The van der Waals surface area contributed by atoms with Crippen molar-refractivity contribution >= 4 is 58.5 Å². The number of aryl methyl sites for hydroxylation is 2. The molecule has 202 valence electrons. The van der Waals surface area contributed by atoms with Crippen LogP contribution in [0.1, 0.15) is 27.0 Å². The molecule has 4 aromatic rings. The normalized spacial score (nSPS) is 11.0. The lowest BCUT2D eigenvalue weighted by atomic mass is 10.1. The zero-order valence-corrected chi connectivity index (χ0v) is 23.6. The van der Waals surface area contributed by atoms with E-state index in [0.29, 0.717) is 22.0 Å². The van der Waals surface area contributed by atoms with E-state index in [9.17, 15) is 14.4 Å². The molecule has 0 fully saturated rings. The molecule has 0 aliphatic carbocycles. The third-order valence-electron chi connectivity index (χ3n) is 5.82. The summed E-state index contributed by atoms with van der Waals surface area (Å²) in [5.74, 6) is -0.774. The van der Waals surface area contributed by atoms with Crippen molar-refractivity contribution in [2.75, 3.05) is 16.4 Å². The van der Waals surface area contributed by atoms with Crippen LogP contribution in [0.15, 0.2) is 108 Å². The Morgan fingerprint density at radius 1 is 0.800 bits per heavy atom. The monoisotopic (exact) mass is 569 g/mol. The second-order valence-corrected chi connectivity index (χ2v) is 10.5. The number of rotatable bonds is 9. The molecule has 4 aromatic carbocycles. The first kappa shape index (κ1) is 28.7. The van der Waals surface area contributed by atoms with E-state index in [1.54, 1.807) is 48.5 Å². The van der Waals surface area contributed by atoms with Gasteiger partial charge in [0.15, 0.2) is 0 Å². The van der Waals surface area contributed by atoms with Crippen molar-refractivity contribution in [1.29, 1.82) is 0 Å². The maximum atomic E-state index is 13.2. The van der Waals surface area contributed by atoms with Gasteiger partial charge in [-0.05, 0) is 79.6 Å². The van der Waals surface area contributed by atoms with E-state index in [0.717, 1.165) is 21.6 Å². The van der Waals surface area contributed by atoms with Gasteiger partial charge in [-0.2, -0.15) is 0 Å². The second-order valence-electron chi connectivity index (χ2n) is 9.07. The molecule has 0 aliphatic heterocycles. The number of hydrogen-bond donors (Lipinski definition) is 3. The van der Waals surface area contributed by atoms with Gasteiger partial charge in [-0.3, -0.25) is 14.4 Å². The van der Waals surface area contributed by atoms with Crippen LogP contribution in [0, 0.1) is 13.8 Å². The van der Waals surface area contributed by atoms with Crippen LogP contribution < -0.4 is 16.0 Å². The first-order chi connectivity index (χ1) is 19.3. The minimum absolute atomic E-state index is 0.116. The molecule has 0 heterocycles. The molecule has 8 heteroatoms. The molecule has 0 saturated heterocycles. The average molecular weight is 570 g/mol. The number of nitrogens with one attached hydrogen (secondary N) is 3. The highest BCUT2D eigenvalue weighted by Gasteiger charge is 2.15. The summed E-state index contributed by atoms with van der Waals surface area (Å²) in [5, 5.41) is 9.03. The third kappa shape index (κ3) is 8.33. The van der Waals surface area contributed by atoms with Crippen LogP contribution in [0.4, 0.5) is 11.4 Å². The first-order valence-electron chi connectivity index (χ1n) is 12.5. The van der Waals surface area contributed by atoms with E-state index in [1.807, 2.05) is 68.4 Å². The van der Waals surface area contributed by atoms with Gasteiger partial charge in [0.05, 0.1) is 5.75 Å². The van der Waals surface area contributed by atoms with Crippen LogP contribution in [-0.4, -0.2) is 23.5 Å². The highest BCUT2D eigenvalue weighted by atomic mass is 35.5. The number of anilines is 2. The maximum Gasteiger partial charge on any atom is 0.272 e. The maximum absolute atomic E-state index is 13.2. The predicted molar refractivity (Wildman–Crippen MR) is 164 cm³/mol. The van der Waals surface area contributed by atoms with Gasteiger partial charge in [-0.15, -0.1) is 11.8 Å². The summed E-state index contributed by atoms with van der Waals surface area (Å²) in [6.45, 7) is 3.86. The molecule has 40 heavy (non-hydrogen) atoms. The second kappa shape index (κ2) is 13.6. The minimum Gasteiger partial charge on any atom is -0.325 e. The van der Waals surface area contributed by atoms with E-state index in [2.05, 4.69) is 16.0 Å². The Hall–Kier alpha value is -4.33. The largest absolute Gasteiger partial charge is 0.325 e. The van der Waals surface area contributed by atoms with Gasteiger partial charge in [0.1, 0.15) is 5.70 Å². The van der Waals surface area contributed by atoms with E-state index in [4.69, 9.17) is 11.6 Å². The molecule has 4 rings (SSSR count). The van der Waals surface area contributed by atoms with Crippen LogP contribution in [0.25, 0.3) is 6.08 Å². The lowest BCUT2D eigenvalue weighted by molar-refractivity contribution is -0.114. The summed E-state index contributed by atoms with van der Waals surface area (Å²) >= 11 is 7.50. The van der Waals surface area contributed by atoms with Crippen LogP contribution in [-0.2, 0) is 9.59 Å². The number of amides is 3. The predicted octanol–water partition coefficient (Wildman–Crippen LogP) is 7.10. The number of hydrogen-bond acceptors (Lipinski definition) is 4. The quantitative estimate of drug-likeness (QED) is 0.148. The SMILES string of the molecule is Cc1cccc(/C=C(\NC(=O)c2ccccc2)C(=O)Nc2ccc(SCC(=O)Nc3ccc(C)c(Cl)c3)cc2)c1. The smallest absolute Gasteiger partial charge is 0.272 e. The molecule has 0 unspecified atom stereocenters. The van der Waals surface area contributed by atoms with Gasteiger partial charge >= 0.3 is 0 Å². The zero-order chi connectivity index (χ0) is 28.5. The van der Waals surface area contributed by atoms with Crippen molar-refractivity contribution in [2.24, 2.45) is 0 Å². The van der Waals surface area contributed by atoms with Gasteiger partial charge in [-0.25, -0.2) is 0 Å². The van der Waals surface area contributed by atoms with Crippen molar-refractivity contribution in [1.82, 2.24) is 5.32 Å². The van der Waals surface area contributed by atoms with Gasteiger partial charge in [0.2, 0.25) is 5.91 Å². The van der Waals surface area contributed by atoms with Gasteiger partial charge < -0.3 is 16.0 Å². The van der Waals surface area contributed by atoms with E-state index in [1.165, 1.54) is 11.8 Å². The molecular weight excluding hydrogens is 542 g/mol. The highest BCUT2D eigenvalue weighted by molar-refractivity contribution is 8.00. The molecule has 0 bridgehead atoms. The lowest BCUT2D eigenvalue weighted by Crippen LogP contribution is -2.30. The molecule has 0 aromatic heterocycles. The molecule has 0 saturated carbocycles. The molecule has 3 N–H and O–H groups in total. The fourth-order valence-electron chi connectivity index (χ4n) is 3.72. The summed E-state index contributed by atoms with van der Waals surface area (Å²) < 4.78 is 0. The summed E-state index contributed by atoms with van der Waals surface area (Å²) in [6, 6.07) is 28.9. The molecule has 3 amide bonds. The van der Waals surface area contributed by atoms with Crippen molar-refractivity contribution in [3.63, 3.8) is 0 Å². The summed E-state index contributed by atoms with van der Waals surface area (Å²) in [7, 11) is 0. The lowest BCUT2D eigenvalue weighted by Gasteiger charge is -2.12. The van der Waals surface area contributed by atoms with E-state index in [-0.39, 0.29) is 23.3 Å². The topological polar surface area (TPSA) is 87.3 Å². The molecular formula is C32H28ClN3O3S. The van der Waals surface area contributed by atoms with Crippen molar-refractivity contribution < 1.29 is 14.4 Å². The number of benzene rings is 4. The fraction of sp³-hybridized carbons (Fsp3) is 0.0938. The van der Waals surface area contributed by atoms with Crippen LogP contribution in [0.2, 0.25) is 5.02 Å². The Morgan fingerprint density at radius 3 is 2.23 bits per heavy atom. The van der Waals surface area contributed by atoms with E-state index < -0.39 is 5.91 Å². The van der Waals surface area contributed by atoms with E-state index >= 15 is 0 Å². The Kier molecular flexibility index (Phi) is 9.78. The molecule has 0 radical (unpaired) electrons. The standard InChI is InChI=1S/C32H28ClN3O3S/c1-21-7-6-8-23(17-21)18-29(36-31(38)24-9-4-3-5-10-24)32(39)35-25-13-15-27(16-14-25)40-20-30(37)34-26-12-11-22(2)28(33)19-26/h3-19H,20H2,1-2H3,(H,34,37)(H,35,39)(H,36,38)/b29-18-. The molecule has 0 spiro atoms. The number of halogens is 1. The van der Waals surface area contributed by atoms with Gasteiger partial charge in [0, 0.05) is 26.9 Å².